The number of nitrogens with zero attached hydrogens (tertiary/aromatic N) is 4. The minimum atomic E-state index is -0.404. The van der Waals surface area contributed by atoms with Gasteiger partial charge in [-0.25, -0.2) is 0 Å². The minimum absolute atomic E-state index is 0.0797. The molecule has 3 rings (SSSR count). The number of hydrogen-bond donors (Lipinski definition) is 1. The Labute approximate surface area is 120 Å². The molecular formula is C14H13N5O2. The second-order valence-corrected chi connectivity index (χ2v) is 4.74. The number of anilines is 1. The van der Waals surface area contributed by atoms with E-state index >= 15 is 0 Å². The van der Waals surface area contributed by atoms with E-state index in [-0.39, 0.29) is 5.69 Å². The van der Waals surface area contributed by atoms with E-state index < -0.39 is 4.92 Å². The molecule has 0 radical (unpaired) electrons. The van der Waals surface area contributed by atoms with Crippen LogP contribution in [0, 0.1) is 17.0 Å². The smallest absolute Gasteiger partial charge is 0.269 e. The lowest BCUT2D eigenvalue weighted by atomic mass is 10.2. The number of aryl methyl sites for hydroxylation is 1. The highest BCUT2D eigenvalue weighted by molar-refractivity contribution is 5.47. The van der Waals surface area contributed by atoms with Crippen LogP contribution in [0.4, 0.5) is 11.6 Å². The van der Waals surface area contributed by atoms with Gasteiger partial charge in [-0.05, 0) is 30.2 Å². The summed E-state index contributed by atoms with van der Waals surface area (Å²) in [6, 6.07) is 10.4. The van der Waals surface area contributed by atoms with Crippen molar-refractivity contribution in [3.05, 3.63) is 63.8 Å². The fourth-order valence-corrected chi connectivity index (χ4v) is 2.07. The van der Waals surface area contributed by atoms with E-state index in [9.17, 15) is 10.1 Å². The third kappa shape index (κ3) is 2.66. The molecule has 0 amide bonds. The predicted octanol–water partition coefficient (Wildman–Crippen LogP) is 2.56. The fourth-order valence-electron chi connectivity index (χ4n) is 2.07. The summed E-state index contributed by atoms with van der Waals surface area (Å²) >= 11 is 0. The molecule has 0 bridgehead atoms. The van der Waals surface area contributed by atoms with E-state index in [0.29, 0.717) is 12.5 Å². The molecule has 0 fully saturated rings. The first-order chi connectivity index (χ1) is 10.1. The second kappa shape index (κ2) is 5.20. The maximum Gasteiger partial charge on any atom is 0.269 e. The molecule has 2 aromatic heterocycles. The van der Waals surface area contributed by atoms with Crippen molar-refractivity contribution in [2.75, 3.05) is 5.32 Å². The molecule has 0 unspecified atom stereocenters. The van der Waals surface area contributed by atoms with Crippen molar-refractivity contribution in [2.24, 2.45) is 0 Å². The van der Waals surface area contributed by atoms with Crippen molar-refractivity contribution in [3.63, 3.8) is 0 Å². The molecule has 2 heterocycles. The largest absolute Gasteiger partial charge is 0.350 e. The molecule has 1 N–H and O–H groups in total. The Bertz CT molecular complexity index is 812. The Morgan fingerprint density at radius 1 is 1.29 bits per heavy atom. The van der Waals surface area contributed by atoms with Gasteiger partial charge in [0.2, 0.25) is 5.95 Å². The Kier molecular flexibility index (Phi) is 3.23. The summed E-state index contributed by atoms with van der Waals surface area (Å²) in [6.07, 6.45) is 1.89. The highest BCUT2D eigenvalue weighted by Gasteiger charge is 2.07. The molecule has 106 valence electrons. The van der Waals surface area contributed by atoms with Crippen LogP contribution < -0.4 is 5.32 Å². The normalized spacial score (nSPS) is 10.7. The lowest BCUT2D eigenvalue weighted by Gasteiger charge is -2.04. The van der Waals surface area contributed by atoms with Crippen molar-refractivity contribution in [3.8, 4) is 0 Å². The van der Waals surface area contributed by atoms with Gasteiger partial charge in [-0.1, -0.05) is 12.1 Å². The summed E-state index contributed by atoms with van der Waals surface area (Å²) in [5.74, 6) is 0.608. The predicted molar refractivity (Wildman–Crippen MR) is 78.1 cm³/mol. The number of fused-ring (bicyclic) bond motifs is 1. The maximum absolute atomic E-state index is 10.8. The Morgan fingerprint density at radius 3 is 2.95 bits per heavy atom. The zero-order valence-electron chi connectivity index (χ0n) is 11.4. The monoisotopic (exact) mass is 283 g/mol. The van der Waals surface area contributed by atoms with Gasteiger partial charge >= 0.3 is 0 Å². The lowest BCUT2D eigenvalue weighted by molar-refractivity contribution is -0.384. The van der Waals surface area contributed by atoms with Gasteiger partial charge in [0.15, 0.2) is 5.65 Å². The molecule has 7 nitrogen and oxygen atoms in total. The number of hydrogen-bond acceptors (Lipinski definition) is 5. The number of pyridine rings is 1. The minimum Gasteiger partial charge on any atom is -0.350 e. The average Bonchev–Trinajstić information content (AvgIpc) is 2.87. The lowest BCUT2D eigenvalue weighted by Crippen LogP contribution is -2.03. The van der Waals surface area contributed by atoms with Gasteiger partial charge in [0.1, 0.15) is 0 Å². The third-order valence-corrected chi connectivity index (χ3v) is 3.14. The van der Waals surface area contributed by atoms with Gasteiger partial charge in [0, 0.05) is 24.9 Å². The topological polar surface area (TPSA) is 85.4 Å². The van der Waals surface area contributed by atoms with Gasteiger partial charge in [-0.15, -0.1) is 10.2 Å². The summed E-state index contributed by atoms with van der Waals surface area (Å²) in [5, 5.41) is 22.0. The molecule has 21 heavy (non-hydrogen) atoms. The Balaban J connectivity index is 1.80. The van der Waals surface area contributed by atoms with Crippen molar-refractivity contribution < 1.29 is 4.92 Å². The number of nitro benzene ring substituents is 1. The molecule has 0 aliphatic carbocycles. The first-order valence-corrected chi connectivity index (χ1v) is 6.42. The maximum atomic E-state index is 10.8. The molecule has 1 aromatic carbocycles. The van der Waals surface area contributed by atoms with Crippen molar-refractivity contribution in [1.82, 2.24) is 14.6 Å². The first-order valence-electron chi connectivity index (χ1n) is 6.42. The van der Waals surface area contributed by atoms with E-state index in [1.165, 1.54) is 6.07 Å². The number of non-ortho nitro benzene ring substituents is 1. The van der Waals surface area contributed by atoms with Crippen LogP contribution in [-0.4, -0.2) is 19.5 Å². The Morgan fingerprint density at radius 2 is 2.14 bits per heavy atom. The van der Waals surface area contributed by atoms with E-state index in [0.717, 1.165) is 16.8 Å². The molecule has 0 spiro atoms. The first kappa shape index (κ1) is 13.0. The van der Waals surface area contributed by atoms with E-state index in [4.69, 9.17) is 0 Å². The Hall–Kier alpha value is -2.96. The fraction of sp³-hybridized carbons (Fsp3) is 0.143. The van der Waals surface area contributed by atoms with Crippen LogP contribution in [0.15, 0.2) is 42.6 Å². The van der Waals surface area contributed by atoms with Crippen LogP contribution in [0.3, 0.4) is 0 Å². The van der Waals surface area contributed by atoms with Crippen LogP contribution in [0.25, 0.3) is 5.65 Å². The van der Waals surface area contributed by atoms with Gasteiger partial charge in [0.25, 0.3) is 5.69 Å². The summed E-state index contributed by atoms with van der Waals surface area (Å²) in [7, 11) is 0. The molecule has 0 atom stereocenters. The average molecular weight is 283 g/mol. The SMILES string of the molecule is Cc1ccn2c(NCc3cccc([N+](=O)[O-])c3)nnc2c1. The zero-order valence-corrected chi connectivity index (χ0v) is 11.4. The van der Waals surface area contributed by atoms with E-state index in [1.54, 1.807) is 12.1 Å². The molecule has 0 saturated heterocycles. The standard InChI is InChI=1S/C14H13N5O2/c1-10-5-6-18-13(7-10)16-17-14(18)15-9-11-3-2-4-12(8-11)19(20)21/h2-8H,9H2,1H3,(H,15,17). The third-order valence-electron chi connectivity index (χ3n) is 3.14. The molecule has 3 aromatic rings. The summed E-state index contributed by atoms with van der Waals surface area (Å²) < 4.78 is 1.84. The van der Waals surface area contributed by atoms with Gasteiger partial charge in [-0.3, -0.25) is 14.5 Å². The number of rotatable bonds is 4. The number of aromatic nitrogens is 3. The number of benzene rings is 1. The van der Waals surface area contributed by atoms with Gasteiger partial charge in [-0.2, -0.15) is 0 Å². The number of nitrogens with one attached hydrogen (secondary N) is 1. The van der Waals surface area contributed by atoms with Crippen LogP contribution in [0.2, 0.25) is 0 Å². The quantitative estimate of drug-likeness (QED) is 0.587. The van der Waals surface area contributed by atoms with Gasteiger partial charge < -0.3 is 5.32 Å². The summed E-state index contributed by atoms with van der Waals surface area (Å²) in [6.45, 7) is 2.43. The zero-order chi connectivity index (χ0) is 14.8. The molecule has 7 heteroatoms. The van der Waals surface area contributed by atoms with Crippen LogP contribution in [-0.2, 0) is 6.54 Å². The van der Waals surface area contributed by atoms with E-state index in [1.807, 2.05) is 35.7 Å². The van der Waals surface area contributed by atoms with Crippen molar-refractivity contribution in [1.29, 1.82) is 0 Å². The highest BCUT2D eigenvalue weighted by atomic mass is 16.6. The summed E-state index contributed by atoms with van der Waals surface area (Å²) in [5.41, 5.74) is 2.76. The van der Waals surface area contributed by atoms with Crippen molar-refractivity contribution >= 4 is 17.3 Å². The van der Waals surface area contributed by atoms with Crippen LogP contribution in [0.5, 0.6) is 0 Å². The van der Waals surface area contributed by atoms with Gasteiger partial charge in [0.05, 0.1) is 4.92 Å². The van der Waals surface area contributed by atoms with Crippen molar-refractivity contribution in [2.45, 2.75) is 13.5 Å². The second-order valence-electron chi connectivity index (χ2n) is 4.74. The highest BCUT2D eigenvalue weighted by Crippen LogP contribution is 2.15. The number of nitro groups is 1. The van der Waals surface area contributed by atoms with Crippen LogP contribution >= 0.6 is 0 Å². The molecule has 0 saturated carbocycles. The molecular weight excluding hydrogens is 270 g/mol. The van der Waals surface area contributed by atoms with E-state index in [2.05, 4.69) is 15.5 Å². The molecule has 0 aliphatic heterocycles. The molecule has 0 aliphatic rings. The van der Waals surface area contributed by atoms with Crippen LogP contribution in [0.1, 0.15) is 11.1 Å². The summed E-state index contributed by atoms with van der Waals surface area (Å²) in [4.78, 5) is 10.3.